The molecule has 3 heteroatoms. The van der Waals surface area contributed by atoms with E-state index in [1.807, 2.05) is 32.0 Å². The van der Waals surface area contributed by atoms with Crippen molar-refractivity contribution in [3.63, 3.8) is 0 Å². The Morgan fingerprint density at radius 1 is 1.14 bits per heavy atom. The highest BCUT2D eigenvalue weighted by Gasteiger charge is 2.40. The van der Waals surface area contributed by atoms with Crippen LogP contribution in [0, 0.1) is 5.82 Å². The van der Waals surface area contributed by atoms with Gasteiger partial charge in [-0.15, -0.1) is 0 Å². The van der Waals surface area contributed by atoms with Gasteiger partial charge in [0.25, 0.3) is 5.91 Å². The Morgan fingerprint density at radius 3 is 2.50 bits per heavy atom. The summed E-state index contributed by atoms with van der Waals surface area (Å²) in [5.74, 6) is -0.377. The number of hydrogen-bond donors (Lipinski definition) is 0. The molecule has 0 fully saturated rings. The molecule has 0 unspecified atom stereocenters. The SMILES string of the molecule is C[C@H]1CC(C)(C)N(C(=O)c2ccccc2F)c2ccccc21. The summed E-state index contributed by atoms with van der Waals surface area (Å²) in [6.07, 6.45) is 0.851. The molecule has 1 heterocycles. The van der Waals surface area contributed by atoms with Crippen LogP contribution in [0.25, 0.3) is 0 Å². The van der Waals surface area contributed by atoms with Crippen LogP contribution >= 0.6 is 0 Å². The van der Waals surface area contributed by atoms with Crippen LogP contribution < -0.4 is 4.90 Å². The summed E-state index contributed by atoms with van der Waals surface area (Å²) in [5.41, 5.74) is 1.80. The van der Waals surface area contributed by atoms with Gasteiger partial charge < -0.3 is 4.90 Å². The fraction of sp³-hybridized carbons (Fsp3) is 0.316. The second-order valence-corrected chi connectivity index (χ2v) is 6.60. The van der Waals surface area contributed by atoms with E-state index in [9.17, 15) is 9.18 Å². The zero-order chi connectivity index (χ0) is 15.9. The third-order valence-electron chi connectivity index (χ3n) is 4.43. The van der Waals surface area contributed by atoms with Gasteiger partial charge in [0, 0.05) is 11.2 Å². The van der Waals surface area contributed by atoms with Crippen LogP contribution in [0.5, 0.6) is 0 Å². The molecule has 0 radical (unpaired) electrons. The lowest BCUT2D eigenvalue weighted by atomic mass is 9.79. The molecule has 114 valence electrons. The van der Waals surface area contributed by atoms with E-state index < -0.39 is 5.82 Å². The van der Waals surface area contributed by atoms with Gasteiger partial charge >= 0.3 is 0 Å². The molecule has 0 aliphatic carbocycles. The largest absolute Gasteiger partial charge is 0.302 e. The van der Waals surface area contributed by atoms with Gasteiger partial charge in [-0.1, -0.05) is 37.3 Å². The Labute approximate surface area is 130 Å². The fourth-order valence-electron chi connectivity index (χ4n) is 3.52. The minimum Gasteiger partial charge on any atom is -0.302 e. The minimum absolute atomic E-state index is 0.125. The molecule has 2 nitrogen and oxygen atoms in total. The lowest BCUT2D eigenvalue weighted by molar-refractivity contribution is 0.0950. The van der Waals surface area contributed by atoms with Crippen LogP contribution in [0.4, 0.5) is 10.1 Å². The van der Waals surface area contributed by atoms with E-state index in [-0.39, 0.29) is 17.0 Å². The van der Waals surface area contributed by atoms with Crippen LogP contribution in [0.15, 0.2) is 48.5 Å². The number of benzene rings is 2. The van der Waals surface area contributed by atoms with Crippen molar-refractivity contribution in [2.24, 2.45) is 0 Å². The predicted molar refractivity (Wildman–Crippen MR) is 86.8 cm³/mol. The molecule has 22 heavy (non-hydrogen) atoms. The van der Waals surface area contributed by atoms with Crippen molar-refractivity contribution < 1.29 is 9.18 Å². The summed E-state index contributed by atoms with van der Waals surface area (Å²) in [6.45, 7) is 6.25. The summed E-state index contributed by atoms with van der Waals surface area (Å²) in [6, 6.07) is 14.1. The maximum atomic E-state index is 14.1. The molecule has 1 aliphatic heterocycles. The van der Waals surface area contributed by atoms with Crippen molar-refractivity contribution in [2.75, 3.05) is 4.90 Å². The first-order valence-corrected chi connectivity index (χ1v) is 7.60. The number of nitrogens with zero attached hydrogens (tertiary/aromatic N) is 1. The number of para-hydroxylation sites is 1. The predicted octanol–water partition coefficient (Wildman–Crippen LogP) is 4.76. The average Bonchev–Trinajstić information content (AvgIpc) is 2.46. The normalized spacial score (nSPS) is 19.6. The first-order chi connectivity index (χ1) is 10.4. The number of fused-ring (bicyclic) bond motifs is 1. The van der Waals surface area contributed by atoms with E-state index in [0.717, 1.165) is 17.7 Å². The molecule has 0 spiro atoms. The van der Waals surface area contributed by atoms with Gasteiger partial charge in [-0.3, -0.25) is 4.79 Å². The summed E-state index contributed by atoms with van der Waals surface area (Å²) in [5, 5.41) is 0. The van der Waals surface area contributed by atoms with Gasteiger partial charge in [0.2, 0.25) is 0 Å². The maximum absolute atomic E-state index is 14.1. The van der Waals surface area contributed by atoms with E-state index in [1.165, 1.54) is 6.07 Å². The minimum atomic E-state index is -0.473. The summed E-state index contributed by atoms with van der Waals surface area (Å²) in [7, 11) is 0. The van der Waals surface area contributed by atoms with Crippen molar-refractivity contribution in [3.8, 4) is 0 Å². The van der Waals surface area contributed by atoms with E-state index in [4.69, 9.17) is 0 Å². The van der Waals surface area contributed by atoms with Gasteiger partial charge in [0.1, 0.15) is 5.82 Å². The van der Waals surface area contributed by atoms with Gasteiger partial charge in [0.05, 0.1) is 5.56 Å². The molecule has 0 N–H and O–H groups in total. The van der Waals surface area contributed by atoms with E-state index >= 15 is 0 Å². The van der Waals surface area contributed by atoms with E-state index in [0.29, 0.717) is 5.92 Å². The summed E-state index contributed by atoms with van der Waals surface area (Å²) >= 11 is 0. The number of carbonyl (C=O) groups excluding carboxylic acids is 1. The topological polar surface area (TPSA) is 20.3 Å². The molecule has 0 aromatic heterocycles. The Morgan fingerprint density at radius 2 is 1.77 bits per heavy atom. The number of carbonyl (C=O) groups is 1. The third-order valence-corrected chi connectivity index (χ3v) is 4.43. The van der Waals surface area contributed by atoms with Crippen LogP contribution in [0.1, 0.15) is 49.0 Å². The van der Waals surface area contributed by atoms with Crippen LogP contribution in [-0.2, 0) is 0 Å². The first kappa shape index (κ1) is 14.8. The maximum Gasteiger partial charge on any atom is 0.261 e. The Bertz CT molecular complexity index is 723. The molecular weight excluding hydrogens is 277 g/mol. The lowest BCUT2D eigenvalue weighted by Crippen LogP contribution is -2.51. The zero-order valence-corrected chi connectivity index (χ0v) is 13.1. The van der Waals surface area contributed by atoms with Crippen molar-refractivity contribution in [1.82, 2.24) is 0 Å². The molecule has 0 bridgehead atoms. The molecule has 2 aromatic carbocycles. The summed E-state index contributed by atoms with van der Waals surface area (Å²) < 4.78 is 14.1. The third kappa shape index (κ3) is 2.31. The van der Waals surface area contributed by atoms with Gasteiger partial charge in [-0.2, -0.15) is 0 Å². The number of amides is 1. The van der Waals surface area contributed by atoms with Crippen LogP contribution in [-0.4, -0.2) is 11.4 Å². The lowest BCUT2D eigenvalue weighted by Gasteiger charge is -2.46. The molecule has 3 rings (SSSR count). The monoisotopic (exact) mass is 297 g/mol. The number of halogens is 1. The Balaban J connectivity index is 2.14. The average molecular weight is 297 g/mol. The molecule has 0 saturated heterocycles. The highest BCUT2D eigenvalue weighted by Crippen LogP contribution is 2.43. The summed E-state index contributed by atoms with van der Waals surface area (Å²) in [4.78, 5) is 14.7. The van der Waals surface area contributed by atoms with Crippen molar-refractivity contribution in [1.29, 1.82) is 0 Å². The van der Waals surface area contributed by atoms with Gasteiger partial charge in [0.15, 0.2) is 0 Å². The second kappa shape index (κ2) is 5.24. The van der Waals surface area contributed by atoms with E-state index in [2.05, 4.69) is 13.0 Å². The molecule has 0 saturated carbocycles. The van der Waals surface area contributed by atoms with Crippen molar-refractivity contribution >= 4 is 11.6 Å². The van der Waals surface area contributed by atoms with E-state index in [1.54, 1.807) is 23.1 Å². The molecule has 1 amide bonds. The standard InChI is InChI=1S/C19H20FNO/c1-13-12-19(2,3)21(17-11-7-5-8-14(13)17)18(22)15-9-4-6-10-16(15)20/h4-11,13H,12H2,1-3H3/t13-/m0/s1. The van der Waals surface area contributed by atoms with Crippen LogP contribution in [0.3, 0.4) is 0 Å². The number of anilines is 1. The highest BCUT2D eigenvalue weighted by atomic mass is 19.1. The van der Waals surface area contributed by atoms with Crippen molar-refractivity contribution in [2.45, 2.75) is 38.6 Å². The quantitative estimate of drug-likeness (QED) is 0.743. The first-order valence-electron chi connectivity index (χ1n) is 7.60. The smallest absolute Gasteiger partial charge is 0.261 e. The highest BCUT2D eigenvalue weighted by molar-refractivity contribution is 6.08. The van der Waals surface area contributed by atoms with Gasteiger partial charge in [-0.25, -0.2) is 4.39 Å². The Hall–Kier alpha value is -2.16. The molecule has 1 atom stereocenters. The van der Waals surface area contributed by atoms with Gasteiger partial charge in [-0.05, 0) is 49.9 Å². The zero-order valence-electron chi connectivity index (χ0n) is 13.1. The number of rotatable bonds is 1. The molecular formula is C19H20FNO. The Kier molecular flexibility index (Phi) is 3.51. The molecule has 2 aromatic rings. The molecule has 1 aliphatic rings. The van der Waals surface area contributed by atoms with Crippen LogP contribution in [0.2, 0.25) is 0 Å². The second-order valence-electron chi connectivity index (χ2n) is 6.60. The number of hydrogen-bond acceptors (Lipinski definition) is 1. The fourth-order valence-corrected chi connectivity index (χ4v) is 3.52. The van der Waals surface area contributed by atoms with Crippen molar-refractivity contribution in [3.05, 3.63) is 65.5 Å².